The fourth-order valence-electron chi connectivity index (χ4n) is 0.180. The van der Waals surface area contributed by atoms with Crippen molar-refractivity contribution in [2.24, 2.45) is 0 Å². The van der Waals surface area contributed by atoms with Gasteiger partial charge in [0, 0.05) is 6.92 Å². The van der Waals surface area contributed by atoms with Crippen LogP contribution in [0.25, 0.3) is 0 Å². The summed E-state index contributed by atoms with van der Waals surface area (Å²) < 4.78 is 4.66. The van der Waals surface area contributed by atoms with Crippen LogP contribution in [-0.2, 0) is 4.74 Å². The molecule has 0 bridgehead atoms. The molecule has 0 aromatic rings. The maximum Gasteiger partial charge on any atom is 0.179 e. The van der Waals surface area contributed by atoms with E-state index in [0.29, 0.717) is 6.73 Å². The number of rotatable bonds is 2. The van der Waals surface area contributed by atoms with Crippen LogP contribution >= 0.6 is 0 Å². The summed E-state index contributed by atoms with van der Waals surface area (Å²) in [5.74, 6) is 0.245. The fraction of sp³-hybridized carbons (Fsp3) is 0.750. The maximum absolute atomic E-state index is 6.74. The highest BCUT2D eigenvalue weighted by atomic mass is 16.5. The van der Waals surface area contributed by atoms with Crippen molar-refractivity contribution in [3.8, 4) is 0 Å². The van der Waals surface area contributed by atoms with E-state index in [1.165, 1.54) is 0 Å². The molecule has 0 atom stereocenters. The predicted octanol–water partition coefficient (Wildman–Crippen LogP) is 0.177. The summed E-state index contributed by atoms with van der Waals surface area (Å²) in [6.07, 6.45) is 0. The molecular formula is C4H10N2O. The summed E-state index contributed by atoms with van der Waals surface area (Å²) in [4.78, 5) is 0. The van der Waals surface area contributed by atoms with Gasteiger partial charge < -0.3 is 4.74 Å². The van der Waals surface area contributed by atoms with Crippen LogP contribution in [0, 0.1) is 5.41 Å². The van der Waals surface area contributed by atoms with Gasteiger partial charge >= 0.3 is 0 Å². The summed E-state index contributed by atoms with van der Waals surface area (Å²) in [6, 6.07) is 0. The fourth-order valence-corrected chi connectivity index (χ4v) is 0.180. The summed E-state index contributed by atoms with van der Waals surface area (Å²) in [7, 11) is 1.77. The Morgan fingerprint density at radius 1 is 1.86 bits per heavy atom. The molecule has 0 amide bonds. The number of hydrogen-bond donors (Lipinski definition) is 2. The zero-order valence-electron chi connectivity index (χ0n) is 4.62. The number of nitrogens with one attached hydrogen (secondary N) is 2. The normalized spacial score (nSPS) is 8.29. The lowest BCUT2D eigenvalue weighted by Crippen LogP contribution is -2.13. The van der Waals surface area contributed by atoms with Gasteiger partial charge in [0.1, 0.15) is 6.73 Å². The number of hydrogen-bond acceptors (Lipinski definition) is 3. The van der Waals surface area contributed by atoms with Crippen molar-refractivity contribution in [3.63, 3.8) is 0 Å². The highest BCUT2D eigenvalue weighted by Gasteiger charge is 1.79. The Kier molecular flexibility index (Phi) is 3.32. The third-order valence-electron chi connectivity index (χ3n) is 0.433. The summed E-state index contributed by atoms with van der Waals surface area (Å²) in [6.45, 7) is 2.02. The minimum Gasteiger partial charge on any atom is -0.466 e. The number of ether oxygens (including phenoxy) is 1. The molecule has 7 heavy (non-hydrogen) atoms. The second kappa shape index (κ2) is 3.61. The van der Waals surface area contributed by atoms with E-state index >= 15 is 0 Å². The van der Waals surface area contributed by atoms with Crippen molar-refractivity contribution in [3.05, 3.63) is 0 Å². The third-order valence-corrected chi connectivity index (χ3v) is 0.433. The minimum atomic E-state index is 0.245. The zero-order chi connectivity index (χ0) is 5.70. The van der Waals surface area contributed by atoms with Gasteiger partial charge in [-0.1, -0.05) is 0 Å². The Hall–Kier alpha value is -0.570. The molecule has 0 aromatic carbocycles. The van der Waals surface area contributed by atoms with Gasteiger partial charge in [-0.3, -0.25) is 10.7 Å². The molecule has 0 aliphatic carbocycles. The van der Waals surface area contributed by atoms with Crippen molar-refractivity contribution in [2.45, 2.75) is 6.92 Å². The molecule has 0 unspecified atom stereocenters. The first-order valence-electron chi connectivity index (χ1n) is 2.10. The topological polar surface area (TPSA) is 45.1 Å². The van der Waals surface area contributed by atoms with Gasteiger partial charge in [0.05, 0.1) is 0 Å². The average molecular weight is 102 g/mol. The van der Waals surface area contributed by atoms with E-state index in [2.05, 4.69) is 10.1 Å². The van der Waals surface area contributed by atoms with Crippen LogP contribution in [0.3, 0.4) is 0 Å². The van der Waals surface area contributed by atoms with E-state index in [1.807, 2.05) is 0 Å². The van der Waals surface area contributed by atoms with Crippen LogP contribution < -0.4 is 5.32 Å². The molecule has 2 N–H and O–H groups in total. The highest BCUT2D eigenvalue weighted by molar-refractivity contribution is 5.69. The smallest absolute Gasteiger partial charge is 0.179 e. The Bertz CT molecular complexity index is 62.7. The van der Waals surface area contributed by atoms with E-state index in [1.54, 1.807) is 14.0 Å². The predicted molar refractivity (Wildman–Crippen MR) is 28.4 cm³/mol. The molecule has 42 valence electrons. The van der Waals surface area contributed by atoms with Gasteiger partial charge in [-0.25, -0.2) is 0 Å². The van der Waals surface area contributed by atoms with E-state index in [-0.39, 0.29) is 5.90 Å². The Morgan fingerprint density at radius 3 is 2.57 bits per heavy atom. The molecular weight excluding hydrogens is 92.1 g/mol. The SMILES string of the molecule is CNCOC(C)=N. The average Bonchev–Trinajstić information content (AvgIpc) is 1.61. The van der Waals surface area contributed by atoms with Crippen molar-refractivity contribution in [1.82, 2.24) is 5.32 Å². The molecule has 0 aliphatic heterocycles. The van der Waals surface area contributed by atoms with Gasteiger partial charge in [0.2, 0.25) is 0 Å². The van der Waals surface area contributed by atoms with Gasteiger partial charge in [0.25, 0.3) is 0 Å². The van der Waals surface area contributed by atoms with Gasteiger partial charge in [-0.15, -0.1) is 0 Å². The zero-order valence-corrected chi connectivity index (χ0v) is 4.62. The molecule has 0 spiro atoms. The van der Waals surface area contributed by atoms with Crippen molar-refractivity contribution >= 4 is 5.90 Å². The summed E-state index contributed by atoms with van der Waals surface area (Å²) >= 11 is 0. The van der Waals surface area contributed by atoms with Crippen LogP contribution in [0.4, 0.5) is 0 Å². The maximum atomic E-state index is 6.74. The molecule has 0 rings (SSSR count). The summed E-state index contributed by atoms with van der Waals surface area (Å²) in [5.41, 5.74) is 0. The molecule has 3 heteroatoms. The van der Waals surface area contributed by atoms with E-state index < -0.39 is 0 Å². The Balaban J connectivity index is 2.82. The first-order chi connectivity index (χ1) is 3.27. The van der Waals surface area contributed by atoms with Crippen LogP contribution in [0.2, 0.25) is 0 Å². The molecule has 0 aliphatic rings. The van der Waals surface area contributed by atoms with Crippen LogP contribution in [0.1, 0.15) is 6.92 Å². The van der Waals surface area contributed by atoms with Crippen molar-refractivity contribution < 1.29 is 4.74 Å². The Labute approximate surface area is 43.2 Å². The molecule has 0 fully saturated rings. The molecule has 0 radical (unpaired) electrons. The minimum absolute atomic E-state index is 0.245. The van der Waals surface area contributed by atoms with E-state index in [4.69, 9.17) is 5.41 Å². The summed E-state index contributed by atoms with van der Waals surface area (Å²) in [5, 5.41) is 9.47. The molecule has 3 nitrogen and oxygen atoms in total. The lowest BCUT2D eigenvalue weighted by atomic mass is 10.8. The second-order valence-corrected chi connectivity index (χ2v) is 1.20. The van der Waals surface area contributed by atoms with Gasteiger partial charge in [-0.05, 0) is 7.05 Å². The lowest BCUT2D eigenvalue weighted by molar-refractivity contribution is 0.278. The van der Waals surface area contributed by atoms with Crippen LogP contribution in [0.15, 0.2) is 0 Å². The monoisotopic (exact) mass is 102 g/mol. The first kappa shape index (κ1) is 6.43. The first-order valence-corrected chi connectivity index (χ1v) is 2.10. The van der Waals surface area contributed by atoms with E-state index in [9.17, 15) is 0 Å². The quantitative estimate of drug-likeness (QED) is 0.297. The molecule has 0 aromatic heterocycles. The third kappa shape index (κ3) is 5.43. The molecule has 0 heterocycles. The largest absolute Gasteiger partial charge is 0.466 e. The molecule has 0 saturated carbocycles. The Morgan fingerprint density at radius 2 is 2.43 bits per heavy atom. The van der Waals surface area contributed by atoms with Gasteiger partial charge in [0.15, 0.2) is 5.90 Å². The van der Waals surface area contributed by atoms with Crippen LogP contribution in [-0.4, -0.2) is 19.7 Å². The highest BCUT2D eigenvalue weighted by Crippen LogP contribution is 1.68. The van der Waals surface area contributed by atoms with Crippen LogP contribution in [0.5, 0.6) is 0 Å². The van der Waals surface area contributed by atoms with E-state index in [0.717, 1.165) is 0 Å². The van der Waals surface area contributed by atoms with Crippen molar-refractivity contribution in [2.75, 3.05) is 13.8 Å². The lowest BCUT2D eigenvalue weighted by Gasteiger charge is -1.98. The second-order valence-electron chi connectivity index (χ2n) is 1.20. The van der Waals surface area contributed by atoms with Crippen molar-refractivity contribution in [1.29, 1.82) is 5.41 Å². The molecule has 0 saturated heterocycles. The standard InChI is InChI=1S/C4H10N2O/c1-4(5)7-3-6-2/h5-6H,3H2,1-2H3. The van der Waals surface area contributed by atoms with Gasteiger partial charge in [-0.2, -0.15) is 0 Å².